The lowest BCUT2D eigenvalue weighted by atomic mass is 9.91. The second kappa shape index (κ2) is 11.1. The molecule has 0 fully saturated rings. The Morgan fingerprint density at radius 2 is 1.89 bits per heavy atom. The van der Waals surface area contributed by atoms with Crippen molar-refractivity contribution < 1.29 is 29.1 Å². The summed E-state index contributed by atoms with van der Waals surface area (Å²) < 4.78 is 11.4. The molecule has 1 aliphatic heterocycles. The van der Waals surface area contributed by atoms with Crippen LogP contribution in [0.2, 0.25) is 5.02 Å². The Hall–Kier alpha value is -3.82. The van der Waals surface area contributed by atoms with Gasteiger partial charge in [0.25, 0.3) is 5.91 Å². The number of nitrogens with zero attached hydrogens (tertiary/aromatic N) is 1. The van der Waals surface area contributed by atoms with Crippen LogP contribution in [0.1, 0.15) is 39.4 Å². The van der Waals surface area contributed by atoms with Gasteiger partial charge in [0.15, 0.2) is 5.56 Å². The molecule has 2 atom stereocenters. The van der Waals surface area contributed by atoms with Gasteiger partial charge in [0, 0.05) is 41.2 Å². The highest BCUT2D eigenvalue weighted by molar-refractivity contribution is 6.30. The van der Waals surface area contributed by atoms with Crippen LogP contribution in [0, 0.1) is 17.0 Å². The maximum absolute atomic E-state index is 12.6. The van der Waals surface area contributed by atoms with Crippen LogP contribution in [0.4, 0.5) is 5.69 Å². The van der Waals surface area contributed by atoms with E-state index in [4.69, 9.17) is 32.7 Å². The predicted octanol–water partition coefficient (Wildman–Crippen LogP) is 5.84. The number of aliphatic carboxylic acids is 1. The van der Waals surface area contributed by atoms with E-state index in [0.29, 0.717) is 29.1 Å². The van der Waals surface area contributed by atoms with Gasteiger partial charge in [0.05, 0.1) is 10.8 Å². The fourth-order valence-corrected chi connectivity index (χ4v) is 4.39. The second-order valence-corrected chi connectivity index (χ2v) is 9.41. The van der Waals surface area contributed by atoms with Gasteiger partial charge in [-0.1, -0.05) is 35.3 Å². The maximum Gasteiger partial charge on any atom is 0.312 e. The van der Waals surface area contributed by atoms with Crippen molar-refractivity contribution in [2.75, 3.05) is 6.54 Å². The summed E-state index contributed by atoms with van der Waals surface area (Å²) in [6.45, 7) is 2.02. The molecule has 3 aromatic carbocycles. The van der Waals surface area contributed by atoms with Crippen molar-refractivity contribution in [3.63, 3.8) is 0 Å². The van der Waals surface area contributed by atoms with Crippen LogP contribution in [0.5, 0.6) is 17.2 Å². The third kappa shape index (κ3) is 6.12. The molecular formula is C26H22Cl2N2O7. The number of carboxylic acids is 1. The quantitative estimate of drug-likeness (QED) is 0.207. The molecular weight excluding hydrogens is 523 g/mol. The number of carbonyl (C=O) groups excluding carboxylic acids is 1. The van der Waals surface area contributed by atoms with Crippen LogP contribution in [0.25, 0.3) is 0 Å². The molecule has 11 heteroatoms. The van der Waals surface area contributed by atoms with Crippen molar-refractivity contribution in [3.05, 3.63) is 92.0 Å². The standard InChI is InChI=1S/C26H22Cl2N2O7/c1-14-10-18-19(26(32)33)12-24(28)37-23(18)13-22(14)36-21-7-4-16(11-20(21)30(34)35)25(31)29-9-8-15-2-5-17(27)6-3-15/h2-7,10-11,13,19,24H,8-9,12H2,1H3,(H,29,31)(H,32,33). The lowest BCUT2D eigenvalue weighted by Gasteiger charge is -2.27. The zero-order valence-corrected chi connectivity index (χ0v) is 21.1. The Labute approximate surface area is 222 Å². The molecule has 0 saturated heterocycles. The first-order valence-corrected chi connectivity index (χ1v) is 12.1. The first kappa shape index (κ1) is 26.2. The number of amides is 1. The molecule has 2 N–H and O–H groups in total. The Kier molecular flexibility index (Phi) is 7.85. The number of nitrogens with one attached hydrogen (secondary N) is 1. The Bertz CT molecular complexity index is 1360. The monoisotopic (exact) mass is 544 g/mol. The maximum atomic E-state index is 12.6. The predicted molar refractivity (Wildman–Crippen MR) is 137 cm³/mol. The highest BCUT2D eigenvalue weighted by Gasteiger charge is 2.33. The lowest BCUT2D eigenvalue weighted by Crippen LogP contribution is -2.26. The number of carboxylic acid groups (broad SMARTS) is 1. The Morgan fingerprint density at radius 1 is 1.16 bits per heavy atom. The largest absolute Gasteiger partial charge is 0.481 e. The summed E-state index contributed by atoms with van der Waals surface area (Å²) in [6.07, 6.45) is 0.677. The number of hydrogen-bond acceptors (Lipinski definition) is 6. The van der Waals surface area contributed by atoms with Crippen LogP contribution in [0.15, 0.2) is 54.6 Å². The number of benzene rings is 3. The van der Waals surface area contributed by atoms with E-state index >= 15 is 0 Å². The van der Waals surface area contributed by atoms with Crippen LogP contribution >= 0.6 is 23.2 Å². The van der Waals surface area contributed by atoms with Crippen molar-refractivity contribution in [2.24, 2.45) is 0 Å². The molecule has 0 bridgehead atoms. The zero-order chi connectivity index (χ0) is 26.7. The molecule has 192 valence electrons. The smallest absolute Gasteiger partial charge is 0.312 e. The van der Waals surface area contributed by atoms with E-state index in [1.54, 1.807) is 25.1 Å². The van der Waals surface area contributed by atoms with Gasteiger partial charge in [-0.3, -0.25) is 19.7 Å². The number of carbonyl (C=O) groups is 2. The van der Waals surface area contributed by atoms with Gasteiger partial charge < -0.3 is 19.9 Å². The average molecular weight is 545 g/mol. The summed E-state index contributed by atoms with van der Waals surface area (Å²) in [6, 6.07) is 14.2. The fourth-order valence-electron chi connectivity index (χ4n) is 3.99. The minimum atomic E-state index is -1.03. The minimum absolute atomic E-state index is 0.0845. The first-order valence-electron chi connectivity index (χ1n) is 11.3. The SMILES string of the molecule is Cc1cc2c(cc1Oc1ccc(C(=O)NCCc3ccc(Cl)cc3)cc1[N+](=O)[O-])OC(Cl)CC2C(=O)O. The molecule has 2 unspecified atom stereocenters. The number of aryl methyl sites for hydroxylation is 1. The van der Waals surface area contributed by atoms with E-state index in [9.17, 15) is 24.8 Å². The molecule has 0 radical (unpaired) electrons. The molecule has 0 aliphatic carbocycles. The van der Waals surface area contributed by atoms with E-state index in [1.165, 1.54) is 18.2 Å². The fraction of sp³-hybridized carbons (Fsp3) is 0.231. The highest BCUT2D eigenvalue weighted by Crippen LogP contribution is 2.43. The molecule has 1 heterocycles. The topological polar surface area (TPSA) is 128 Å². The van der Waals surface area contributed by atoms with E-state index in [1.807, 2.05) is 12.1 Å². The minimum Gasteiger partial charge on any atom is -0.481 e. The van der Waals surface area contributed by atoms with E-state index in [2.05, 4.69) is 5.32 Å². The molecule has 0 saturated carbocycles. The Morgan fingerprint density at radius 3 is 2.57 bits per heavy atom. The van der Waals surface area contributed by atoms with Gasteiger partial charge in [-0.05, 0) is 54.8 Å². The van der Waals surface area contributed by atoms with Crippen molar-refractivity contribution in [2.45, 2.75) is 31.2 Å². The van der Waals surface area contributed by atoms with E-state index < -0.39 is 34.0 Å². The van der Waals surface area contributed by atoms with Crippen molar-refractivity contribution in [3.8, 4) is 17.2 Å². The van der Waals surface area contributed by atoms with Gasteiger partial charge >= 0.3 is 11.7 Å². The first-order chi connectivity index (χ1) is 17.6. The van der Waals surface area contributed by atoms with Gasteiger partial charge in [-0.2, -0.15) is 0 Å². The van der Waals surface area contributed by atoms with Gasteiger partial charge in [-0.25, -0.2) is 0 Å². The van der Waals surface area contributed by atoms with Crippen LogP contribution in [-0.4, -0.2) is 34.0 Å². The van der Waals surface area contributed by atoms with Crippen LogP contribution < -0.4 is 14.8 Å². The van der Waals surface area contributed by atoms with Gasteiger partial charge in [0.2, 0.25) is 5.75 Å². The molecule has 0 spiro atoms. The average Bonchev–Trinajstić information content (AvgIpc) is 2.85. The third-order valence-electron chi connectivity index (χ3n) is 5.91. The van der Waals surface area contributed by atoms with Crippen LogP contribution in [-0.2, 0) is 11.2 Å². The van der Waals surface area contributed by atoms with Crippen molar-refractivity contribution >= 4 is 40.8 Å². The summed E-state index contributed by atoms with van der Waals surface area (Å²) >= 11 is 11.9. The van der Waals surface area contributed by atoms with Crippen LogP contribution in [0.3, 0.4) is 0 Å². The summed E-state index contributed by atoms with van der Waals surface area (Å²) in [5.41, 5.74) is 0.862. The second-order valence-electron chi connectivity index (χ2n) is 8.48. The normalized spacial score (nSPS) is 16.3. The molecule has 3 aromatic rings. The summed E-state index contributed by atoms with van der Waals surface area (Å²) in [7, 11) is 0. The van der Waals surface area contributed by atoms with E-state index in [-0.39, 0.29) is 29.2 Å². The Balaban J connectivity index is 1.52. The molecule has 37 heavy (non-hydrogen) atoms. The van der Waals surface area contributed by atoms with Gasteiger partial charge in [-0.15, -0.1) is 0 Å². The number of nitro groups is 1. The number of halogens is 2. The number of hydrogen-bond donors (Lipinski definition) is 2. The number of nitro benzene ring substituents is 1. The number of rotatable bonds is 8. The van der Waals surface area contributed by atoms with Crippen molar-refractivity contribution in [1.82, 2.24) is 5.32 Å². The molecule has 0 aromatic heterocycles. The number of ether oxygens (including phenoxy) is 2. The molecule has 1 amide bonds. The molecule has 1 aliphatic rings. The summed E-state index contributed by atoms with van der Waals surface area (Å²) in [4.78, 5) is 35.4. The molecule has 4 rings (SSSR count). The number of fused-ring (bicyclic) bond motifs is 1. The number of alkyl halides is 1. The summed E-state index contributed by atoms with van der Waals surface area (Å²) in [5.74, 6) is -1.95. The van der Waals surface area contributed by atoms with Crippen molar-refractivity contribution in [1.29, 1.82) is 0 Å². The lowest BCUT2D eigenvalue weighted by molar-refractivity contribution is -0.385. The zero-order valence-electron chi connectivity index (χ0n) is 19.6. The summed E-state index contributed by atoms with van der Waals surface area (Å²) in [5, 5.41) is 24.7. The van der Waals surface area contributed by atoms with E-state index in [0.717, 1.165) is 11.6 Å². The molecule has 9 nitrogen and oxygen atoms in total. The third-order valence-corrected chi connectivity index (χ3v) is 6.43. The highest BCUT2D eigenvalue weighted by atomic mass is 35.5. The van der Waals surface area contributed by atoms with Gasteiger partial charge in [0.1, 0.15) is 11.5 Å².